The fourth-order valence-electron chi connectivity index (χ4n) is 1.26. The number of hydrogen-bond donors (Lipinski definition) is 2. The average Bonchev–Trinajstić information content (AvgIpc) is 2.17. The van der Waals surface area contributed by atoms with Crippen molar-refractivity contribution >= 4 is 11.6 Å². The molecule has 0 saturated heterocycles. The number of ether oxygens (including phenoxy) is 1. The summed E-state index contributed by atoms with van der Waals surface area (Å²) >= 11 is 5.70. The third-order valence-corrected chi connectivity index (χ3v) is 2.10. The van der Waals surface area contributed by atoms with Crippen LogP contribution >= 0.6 is 11.6 Å². The molecule has 0 amide bonds. The lowest BCUT2D eigenvalue weighted by atomic mass is 10.1. The van der Waals surface area contributed by atoms with E-state index in [1.165, 1.54) is 12.1 Å². The van der Waals surface area contributed by atoms with Crippen molar-refractivity contribution in [3.8, 4) is 0 Å². The van der Waals surface area contributed by atoms with Crippen molar-refractivity contribution in [3.63, 3.8) is 0 Å². The standard InChI is InChI=1S/C10H13ClFNO2/c11-8-3-7(4-9(12)5-8)10(6-13)15-2-1-14/h3-5,10,14H,1-2,6,13H2. The molecule has 84 valence electrons. The zero-order chi connectivity index (χ0) is 11.3. The fraction of sp³-hybridized carbons (Fsp3) is 0.400. The van der Waals surface area contributed by atoms with E-state index in [4.69, 9.17) is 27.2 Å². The summed E-state index contributed by atoms with van der Waals surface area (Å²) in [6.07, 6.45) is -0.439. The van der Waals surface area contributed by atoms with E-state index < -0.39 is 11.9 Å². The topological polar surface area (TPSA) is 55.5 Å². The maximum Gasteiger partial charge on any atom is 0.125 e. The summed E-state index contributed by atoms with van der Waals surface area (Å²) in [6.45, 7) is 0.273. The third-order valence-electron chi connectivity index (χ3n) is 1.88. The maximum absolute atomic E-state index is 13.0. The number of aliphatic hydroxyl groups excluding tert-OH is 1. The molecule has 0 spiro atoms. The quantitative estimate of drug-likeness (QED) is 0.810. The second-order valence-corrected chi connectivity index (χ2v) is 3.46. The van der Waals surface area contributed by atoms with Crippen LogP contribution in [0.4, 0.5) is 4.39 Å². The molecule has 0 radical (unpaired) electrons. The molecule has 15 heavy (non-hydrogen) atoms. The molecule has 1 atom stereocenters. The zero-order valence-electron chi connectivity index (χ0n) is 8.12. The molecule has 3 nitrogen and oxygen atoms in total. The largest absolute Gasteiger partial charge is 0.394 e. The Bertz CT molecular complexity index is 302. The summed E-state index contributed by atoms with van der Waals surface area (Å²) in [6, 6.07) is 4.13. The number of rotatable bonds is 5. The SMILES string of the molecule is NCC(OCCO)c1cc(F)cc(Cl)c1. The molecule has 0 aromatic heterocycles. The Morgan fingerprint density at radius 3 is 2.73 bits per heavy atom. The Morgan fingerprint density at radius 2 is 2.20 bits per heavy atom. The maximum atomic E-state index is 13.0. The summed E-state index contributed by atoms with van der Waals surface area (Å²) in [5.74, 6) is -0.427. The summed E-state index contributed by atoms with van der Waals surface area (Å²) in [4.78, 5) is 0. The van der Waals surface area contributed by atoms with Crippen LogP contribution in [0.25, 0.3) is 0 Å². The predicted octanol–water partition coefficient (Wildman–Crippen LogP) is 1.49. The Hall–Kier alpha value is -0.680. The highest BCUT2D eigenvalue weighted by Gasteiger charge is 2.11. The highest BCUT2D eigenvalue weighted by atomic mass is 35.5. The van der Waals surface area contributed by atoms with Crippen LogP contribution in [0.3, 0.4) is 0 Å². The number of benzene rings is 1. The molecular formula is C10H13ClFNO2. The lowest BCUT2D eigenvalue weighted by Crippen LogP contribution is -2.17. The van der Waals surface area contributed by atoms with Crippen molar-refractivity contribution < 1.29 is 14.2 Å². The van der Waals surface area contributed by atoms with E-state index in [0.29, 0.717) is 10.6 Å². The molecule has 1 aromatic rings. The lowest BCUT2D eigenvalue weighted by molar-refractivity contribution is 0.0327. The van der Waals surface area contributed by atoms with Crippen LogP contribution in [0.5, 0.6) is 0 Å². The molecule has 3 N–H and O–H groups in total. The van der Waals surface area contributed by atoms with Crippen LogP contribution in [-0.4, -0.2) is 24.9 Å². The van der Waals surface area contributed by atoms with Gasteiger partial charge in [0.05, 0.1) is 19.3 Å². The van der Waals surface area contributed by atoms with Gasteiger partial charge >= 0.3 is 0 Å². The molecule has 0 aliphatic rings. The molecule has 0 heterocycles. The van der Waals surface area contributed by atoms with Crippen LogP contribution in [0, 0.1) is 5.82 Å². The molecule has 0 aliphatic heterocycles. The van der Waals surface area contributed by atoms with Crippen molar-refractivity contribution in [1.29, 1.82) is 0 Å². The fourth-order valence-corrected chi connectivity index (χ4v) is 1.49. The van der Waals surface area contributed by atoms with Crippen LogP contribution in [0.2, 0.25) is 5.02 Å². The Kier molecular flexibility index (Phi) is 4.98. The highest BCUT2D eigenvalue weighted by molar-refractivity contribution is 6.30. The zero-order valence-corrected chi connectivity index (χ0v) is 8.88. The number of hydrogen-bond acceptors (Lipinski definition) is 3. The van der Waals surface area contributed by atoms with Gasteiger partial charge in [0.25, 0.3) is 0 Å². The van der Waals surface area contributed by atoms with Gasteiger partial charge in [0, 0.05) is 11.6 Å². The van der Waals surface area contributed by atoms with Gasteiger partial charge in [-0.05, 0) is 23.8 Å². The van der Waals surface area contributed by atoms with Crippen molar-refractivity contribution in [1.82, 2.24) is 0 Å². The molecule has 0 aliphatic carbocycles. The predicted molar refractivity (Wildman–Crippen MR) is 56.2 cm³/mol. The average molecular weight is 234 g/mol. The highest BCUT2D eigenvalue weighted by Crippen LogP contribution is 2.21. The molecule has 0 bridgehead atoms. The first-order valence-corrected chi connectivity index (χ1v) is 4.93. The van der Waals surface area contributed by atoms with Gasteiger partial charge in [0.1, 0.15) is 5.82 Å². The summed E-state index contributed by atoms with van der Waals surface area (Å²) < 4.78 is 18.3. The van der Waals surface area contributed by atoms with Crippen molar-refractivity contribution in [3.05, 3.63) is 34.6 Å². The van der Waals surface area contributed by atoms with Crippen LogP contribution in [-0.2, 0) is 4.74 Å². The van der Waals surface area contributed by atoms with Gasteiger partial charge in [-0.3, -0.25) is 0 Å². The van der Waals surface area contributed by atoms with Gasteiger partial charge in [-0.15, -0.1) is 0 Å². The van der Waals surface area contributed by atoms with E-state index in [1.54, 1.807) is 6.07 Å². The van der Waals surface area contributed by atoms with Crippen LogP contribution in [0.1, 0.15) is 11.7 Å². The number of halogens is 2. The lowest BCUT2D eigenvalue weighted by Gasteiger charge is -2.16. The van der Waals surface area contributed by atoms with Crippen molar-refractivity contribution in [2.75, 3.05) is 19.8 Å². The number of aliphatic hydroxyl groups is 1. The minimum Gasteiger partial charge on any atom is -0.394 e. The van der Waals surface area contributed by atoms with Gasteiger partial charge in [-0.25, -0.2) is 4.39 Å². The van der Waals surface area contributed by atoms with E-state index in [2.05, 4.69) is 0 Å². The van der Waals surface area contributed by atoms with Gasteiger partial charge in [-0.2, -0.15) is 0 Å². The monoisotopic (exact) mass is 233 g/mol. The normalized spacial score (nSPS) is 12.8. The molecule has 1 unspecified atom stereocenters. The van der Waals surface area contributed by atoms with Gasteiger partial charge in [0.2, 0.25) is 0 Å². The third kappa shape index (κ3) is 3.76. The van der Waals surface area contributed by atoms with Gasteiger partial charge < -0.3 is 15.6 Å². The van der Waals surface area contributed by atoms with E-state index in [-0.39, 0.29) is 19.8 Å². The molecule has 5 heteroatoms. The van der Waals surface area contributed by atoms with Gasteiger partial charge in [-0.1, -0.05) is 11.6 Å². The summed E-state index contributed by atoms with van der Waals surface area (Å²) in [5.41, 5.74) is 6.05. The van der Waals surface area contributed by atoms with E-state index >= 15 is 0 Å². The molecule has 1 rings (SSSR count). The first-order chi connectivity index (χ1) is 7.17. The second kappa shape index (κ2) is 6.02. The van der Waals surface area contributed by atoms with Crippen molar-refractivity contribution in [2.24, 2.45) is 5.73 Å². The van der Waals surface area contributed by atoms with Gasteiger partial charge in [0.15, 0.2) is 0 Å². The Labute approximate surface area is 92.6 Å². The smallest absolute Gasteiger partial charge is 0.125 e. The van der Waals surface area contributed by atoms with E-state index in [0.717, 1.165) is 0 Å². The molecular weight excluding hydrogens is 221 g/mol. The second-order valence-electron chi connectivity index (χ2n) is 3.02. The minimum atomic E-state index is -0.439. The van der Waals surface area contributed by atoms with Crippen molar-refractivity contribution in [2.45, 2.75) is 6.10 Å². The minimum absolute atomic E-state index is 0.0977. The van der Waals surface area contributed by atoms with E-state index in [1.807, 2.05) is 0 Å². The van der Waals surface area contributed by atoms with Crippen LogP contribution in [0.15, 0.2) is 18.2 Å². The Balaban J connectivity index is 2.81. The summed E-state index contributed by atoms with van der Waals surface area (Å²) in [5, 5.41) is 8.90. The number of nitrogens with two attached hydrogens (primary N) is 1. The van der Waals surface area contributed by atoms with Crippen LogP contribution < -0.4 is 5.73 Å². The first-order valence-electron chi connectivity index (χ1n) is 4.56. The summed E-state index contributed by atoms with van der Waals surface area (Å²) in [7, 11) is 0. The van der Waals surface area contributed by atoms with E-state index in [9.17, 15) is 4.39 Å². The molecule has 1 aromatic carbocycles. The molecule has 0 saturated carbocycles. The first kappa shape index (κ1) is 12.4. The molecule has 0 fully saturated rings. The Morgan fingerprint density at radius 1 is 1.47 bits per heavy atom.